The minimum Gasteiger partial charge on any atom is -0.389 e. The molecule has 0 aromatic heterocycles. The Morgan fingerprint density at radius 2 is 2.11 bits per heavy atom. The largest absolute Gasteiger partial charge is 0.389 e. The second-order valence-electron chi connectivity index (χ2n) is 5.18. The molecule has 0 aromatic rings. The molecular formula is C14H26N2O3. The van der Waals surface area contributed by atoms with E-state index in [1.54, 1.807) is 0 Å². The zero-order valence-electron chi connectivity index (χ0n) is 12.0. The number of aliphatic hydroxyl groups excluding tert-OH is 1. The predicted octanol–water partition coefficient (Wildman–Crippen LogP) is 1.02. The first kappa shape index (κ1) is 16.4. The van der Waals surface area contributed by atoms with Crippen LogP contribution >= 0.6 is 0 Å². The number of likely N-dealkylation sites (N-methyl/N-ethyl adjacent to an activating group) is 1. The fraction of sp³-hybridized carbons (Fsp3) is 0.929. The van der Waals surface area contributed by atoms with Crippen molar-refractivity contribution in [3.63, 3.8) is 0 Å². The molecule has 0 bridgehead atoms. The van der Waals surface area contributed by atoms with Gasteiger partial charge in [-0.05, 0) is 26.3 Å². The monoisotopic (exact) mass is 270 g/mol. The fourth-order valence-electron chi connectivity index (χ4n) is 2.20. The van der Waals surface area contributed by atoms with E-state index in [4.69, 9.17) is 14.7 Å². The van der Waals surface area contributed by atoms with Gasteiger partial charge in [-0.15, -0.1) is 0 Å². The molecule has 0 radical (unpaired) electrons. The maximum absolute atomic E-state index is 9.99. The Hall–Kier alpha value is -0.670. The van der Waals surface area contributed by atoms with Gasteiger partial charge in [0.1, 0.15) is 0 Å². The minimum atomic E-state index is -0.492. The number of hydrogen-bond donors (Lipinski definition) is 1. The van der Waals surface area contributed by atoms with Gasteiger partial charge in [0, 0.05) is 26.3 Å². The van der Waals surface area contributed by atoms with Crippen LogP contribution in [0.1, 0.15) is 26.7 Å². The molecule has 0 aliphatic carbocycles. The van der Waals surface area contributed by atoms with E-state index in [1.165, 1.54) is 0 Å². The van der Waals surface area contributed by atoms with E-state index in [0.717, 1.165) is 32.6 Å². The highest BCUT2D eigenvalue weighted by atomic mass is 16.5. The summed E-state index contributed by atoms with van der Waals surface area (Å²) in [6, 6.07) is 2.22. The number of hydrogen-bond acceptors (Lipinski definition) is 5. The molecule has 0 aromatic carbocycles. The van der Waals surface area contributed by atoms with E-state index in [-0.39, 0.29) is 12.0 Å². The number of rotatable bonds is 8. The summed E-state index contributed by atoms with van der Waals surface area (Å²) in [7, 11) is 0. The number of aliphatic hydroxyl groups is 1. The summed E-state index contributed by atoms with van der Waals surface area (Å²) >= 11 is 0. The normalized spacial score (nSPS) is 20.2. The van der Waals surface area contributed by atoms with Crippen molar-refractivity contribution in [3.8, 4) is 6.07 Å². The zero-order valence-corrected chi connectivity index (χ0v) is 12.0. The highest BCUT2D eigenvalue weighted by Gasteiger charge is 2.18. The molecule has 110 valence electrons. The second-order valence-corrected chi connectivity index (χ2v) is 5.18. The van der Waals surface area contributed by atoms with Crippen LogP contribution in [-0.4, -0.2) is 61.7 Å². The third-order valence-corrected chi connectivity index (χ3v) is 3.36. The molecular weight excluding hydrogens is 244 g/mol. The van der Waals surface area contributed by atoms with E-state index in [1.807, 2.05) is 13.8 Å². The second kappa shape index (κ2) is 9.27. The van der Waals surface area contributed by atoms with Crippen LogP contribution < -0.4 is 0 Å². The summed E-state index contributed by atoms with van der Waals surface area (Å²) in [5, 5.41) is 18.8. The van der Waals surface area contributed by atoms with Crippen LogP contribution in [0, 0.1) is 17.2 Å². The Bertz CT molecular complexity index is 274. The Morgan fingerprint density at radius 3 is 2.68 bits per heavy atom. The van der Waals surface area contributed by atoms with E-state index in [9.17, 15) is 5.11 Å². The van der Waals surface area contributed by atoms with Crippen molar-refractivity contribution in [1.29, 1.82) is 5.26 Å². The van der Waals surface area contributed by atoms with Crippen molar-refractivity contribution < 1.29 is 14.6 Å². The van der Waals surface area contributed by atoms with Crippen molar-refractivity contribution >= 4 is 0 Å². The Morgan fingerprint density at radius 1 is 1.42 bits per heavy atom. The standard InChI is InChI=1S/C14H26N2O3/c1-3-16(9-12(2)8-15)10-13(17)11-19-14-4-6-18-7-5-14/h12-14,17H,3-7,9-11H2,1-2H3. The van der Waals surface area contributed by atoms with Crippen LogP contribution in [0.2, 0.25) is 0 Å². The molecule has 1 aliphatic heterocycles. The van der Waals surface area contributed by atoms with Crippen LogP contribution in [-0.2, 0) is 9.47 Å². The lowest BCUT2D eigenvalue weighted by Crippen LogP contribution is -2.38. The van der Waals surface area contributed by atoms with Gasteiger partial charge in [-0.1, -0.05) is 6.92 Å². The molecule has 1 N–H and O–H groups in total. The molecule has 2 unspecified atom stereocenters. The highest BCUT2D eigenvalue weighted by molar-refractivity contribution is 4.81. The lowest BCUT2D eigenvalue weighted by atomic mass is 10.1. The van der Waals surface area contributed by atoms with Crippen molar-refractivity contribution in [2.75, 3.05) is 39.5 Å². The SMILES string of the molecule is CCN(CC(C)C#N)CC(O)COC1CCOCC1. The lowest BCUT2D eigenvalue weighted by Gasteiger charge is -2.27. The van der Waals surface area contributed by atoms with Crippen molar-refractivity contribution in [1.82, 2.24) is 4.90 Å². The Balaban J connectivity index is 2.20. The predicted molar refractivity (Wildman–Crippen MR) is 72.7 cm³/mol. The fourth-order valence-corrected chi connectivity index (χ4v) is 2.20. The van der Waals surface area contributed by atoms with Crippen LogP contribution in [0.15, 0.2) is 0 Å². The van der Waals surface area contributed by atoms with Gasteiger partial charge in [0.2, 0.25) is 0 Å². The first-order valence-corrected chi connectivity index (χ1v) is 7.15. The maximum Gasteiger partial charge on any atom is 0.0900 e. The van der Waals surface area contributed by atoms with Crippen LogP contribution in [0.4, 0.5) is 0 Å². The lowest BCUT2D eigenvalue weighted by molar-refractivity contribution is -0.0641. The Labute approximate surface area is 116 Å². The molecule has 2 atom stereocenters. The van der Waals surface area contributed by atoms with Crippen molar-refractivity contribution in [3.05, 3.63) is 0 Å². The van der Waals surface area contributed by atoms with Gasteiger partial charge in [0.05, 0.1) is 30.8 Å². The van der Waals surface area contributed by atoms with Crippen LogP contribution in [0.3, 0.4) is 0 Å². The molecule has 0 spiro atoms. The van der Waals surface area contributed by atoms with Gasteiger partial charge in [0.15, 0.2) is 0 Å². The molecule has 1 rings (SSSR count). The number of ether oxygens (including phenoxy) is 2. The van der Waals surface area contributed by atoms with E-state index in [0.29, 0.717) is 19.7 Å². The number of nitriles is 1. The molecule has 5 heteroatoms. The van der Waals surface area contributed by atoms with Gasteiger partial charge in [-0.3, -0.25) is 4.90 Å². The van der Waals surface area contributed by atoms with E-state index < -0.39 is 6.10 Å². The molecule has 1 saturated heterocycles. The quantitative estimate of drug-likeness (QED) is 0.713. The zero-order chi connectivity index (χ0) is 14.1. The Kier molecular flexibility index (Phi) is 7.99. The van der Waals surface area contributed by atoms with Gasteiger partial charge in [0.25, 0.3) is 0 Å². The maximum atomic E-state index is 9.99. The summed E-state index contributed by atoms with van der Waals surface area (Å²) in [5.74, 6) is -0.0106. The summed E-state index contributed by atoms with van der Waals surface area (Å²) in [6.07, 6.45) is 1.55. The molecule has 19 heavy (non-hydrogen) atoms. The van der Waals surface area contributed by atoms with Crippen LogP contribution in [0.25, 0.3) is 0 Å². The van der Waals surface area contributed by atoms with Gasteiger partial charge in [-0.2, -0.15) is 5.26 Å². The molecule has 1 heterocycles. The summed E-state index contributed by atoms with van der Waals surface area (Å²) in [5.41, 5.74) is 0. The molecule has 1 fully saturated rings. The first-order valence-electron chi connectivity index (χ1n) is 7.15. The summed E-state index contributed by atoms with van der Waals surface area (Å²) in [6.45, 7) is 7.89. The molecule has 0 amide bonds. The first-order chi connectivity index (χ1) is 9.15. The van der Waals surface area contributed by atoms with Crippen LogP contribution in [0.5, 0.6) is 0 Å². The van der Waals surface area contributed by atoms with E-state index >= 15 is 0 Å². The molecule has 0 saturated carbocycles. The summed E-state index contributed by atoms with van der Waals surface area (Å²) in [4.78, 5) is 2.09. The third kappa shape index (κ3) is 6.88. The number of nitrogens with zero attached hydrogens (tertiary/aromatic N) is 2. The van der Waals surface area contributed by atoms with E-state index in [2.05, 4.69) is 11.0 Å². The van der Waals surface area contributed by atoms with Crippen molar-refractivity contribution in [2.24, 2.45) is 5.92 Å². The average Bonchev–Trinajstić information content (AvgIpc) is 2.45. The van der Waals surface area contributed by atoms with Gasteiger partial charge in [-0.25, -0.2) is 0 Å². The van der Waals surface area contributed by atoms with Gasteiger partial charge >= 0.3 is 0 Å². The smallest absolute Gasteiger partial charge is 0.0900 e. The topological polar surface area (TPSA) is 65.7 Å². The molecule has 5 nitrogen and oxygen atoms in total. The van der Waals surface area contributed by atoms with Gasteiger partial charge < -0.3 is 14.6 Å². The average molecular weight is 270 g/mol. The highest BCUT2D eigenvalue weighted by Crippen LogP contribution is 2.11. The molecule has 1 aliphatic rings. The third-order valence-electron chi connectivity index (χ3n) is 3.36. The summed E-state index contributed by atoms with van der Waals surface area (Å²) < 4.78 is 11.0. The minimum absolute atomic E-state index is 0.0106. The van der Waals surface area contributed by atoms with Crippen molar-refractivity contribution in [2.45, 2.75) is 38.9 Å².